The lowest BCUT2D eigenvalue weighted by molar-refractivity contribution is -0.122. The van der Waals surface area contributed by atoms with Crippen molar-refractivity contribution in [3.8, 4) is 5.75 Å². The number of amides is 1. The van der Waals surface area contributed by atoms with Crippen molar-refractivity contribution in [1.29, 1.82) is 0 Å². The van der Waals surface area contributed by atoms with Gasteiger partial charge in [0.25, 0.3) is 5.91 Å². The molecule has 1 aliphatic rings. The molecule has 0 aromatic heterocycles. The maximum Gasteiger partial charge on any atom is 0.257 e. The Morgan fingerprint density at radius 3 is 2.58 bits per heavy atom. The topological polar surface area (TPSA) is 84.5 Å². The van der Waals surface area contributed by atoms with Gasteiger partial charge < -0.3 is 10.1 Å². The Balaban J connectivity index is 2.03. The molecule has 7 heteroatoms. The third kappa shape index (κ3) is 5.21. The highest BCUT2D eigenvalue weighted by molar-refractivity contribution is 7.89. The van der Waals surface area contributed by atoms with Gasteiger partial charge in [0.15, 0.2) is 6.61 Å². The van der Waals surface area contributed by atoms with E-state index in [1.54, 1.807) is 19.1 Å². The maximum absolute atomic E-state index is 12.5. The van der Waals surface area contributed by atoms with Crippen molar-refractivity contribution in [2.45, 2.75) is 56.9 Å². The molecule has 1 fully saturated rings. The lowest BCUT2D eigenvalue weighted by Gasteiger charge is -2.22. The van der Waals surface area contributed by atoms with Gasteiger partial charge in [0.2, 0.25) is 10.0 Å². The molecule has 0 atom stereocenters. The van der Waals surface area contributed by atoms with Crippen LogP contribution in [0.3, 0.4) is 0 Å². The highest BCUT2D eigenvalue weighted by Gasteiger charge is 2.22. The number of hydrogen-bond donors (Lipinski definition) is 2. The van der Waals surface area contributed by atoms with E-state index in [2.05, 4.69) is 10.0 Å². The van der Waals surface area contributed by atoms with Gasteiger partial charge in [-0.3, -0.25) is 4.79 Å². The summed E-state index contributed by atoms with van der Waals surface area (Å²) >= 11 is 0. The van der Waals surface area contributed by atoms with Gasteiger partial charge in [-0.1, -0.05) is 19.3 Å². The number of carbonyl (C=O) groups excluding carboxylic acids is 1. The number of sulfonamides is 1. The normalized spacial score (nSPS) is 15.9. The largest absolute Gasteiger partial charge is 0.484 e. The minimum Gasteiger partial charge on any atom is -0.484 e. The molecule has 0 bridgehead atoms. The molecular formula is C17H26N2O4S. The van der Waals surface area contributed by atoms with Crippen molar-refractivity contribution in [3.05, 3.63) is 23.8 Å². The molecule has 1 aliphatic carbocycles. The molecule has 24 heavy (non-hydrogen) atoms. The summed E-state index contributed by atoms with van der Waals surface area (Å²) in [7, 11) is -3.52. The van der Waals surface area contributed by atoms with Gasteiger partial charge in [-0.2, -0.15) is 0 Å². The van der Waals surface area contributed by atoms with Crippen LogP contribution in [0.1, 0.15) is 44.6 Å². The third-order valence-electron chi connectivity index (χ3n) is 4.12. The summed E-state index contributed by atoms with van der Waals surface area (Å²) in [5.74, 6) is 0.311. The Morgan fingerprint density at radius 1 is 1.25 bits per heavy atom. The molecule has 0 aliphatic heterocycles. The maximum atomic E-state index is 12.5. The van der Waals surface area contributed by atoms with E-state index in [9.17, 15) is 13.2 Å². The van der Waals surface area contributed by atoms with Crippen LogP contribution < -0.4 is 14.8 Å². The van der Waals surface area contributed by atoms with Gasteiger partial charge in [0, 0.05) is 12.6 Å². The number of hydrogen-bond acceptors (Lipinski definition) is 4. The number of benzene rings is 1. The first-order valence-corrected chi connectivity index (χ1v) is 9.93. The van der Waals surface area contributed by atoms with Crippen LogP contribution >= 0.6 is 0 Å². The Bertz CT molecular complexity index is 667. The lowest BCUT2D eigenvalue weighted by atomic mass is 9.96. The Kier molecular flexibility index (Phi) is 6.62. The van der Waals surface area contributed by atoms with Crippen LogP contribution in [0.25, 0.3) is 0 Å². The van der Waals surface area contributed by atoms with Gasteiger partial charge in [0.05, 0.1) is 4.90 Å². The highest BCUT2D eigenvalue weighted by atomic mass is 32.2. The summed E-state index contributed by atoms with van der Waals surface area (Å²) in [6, 6.07) is 4.73. The fraction of sp³-hybridized carbons (Fsp3) is 0.588. The number of aryl methyl sites for hydroxylation is 1. The number of likely N-dealkylation sites (N-methyl/N-ethyl adjacent to an activating group) is 1. The highest BCUT2D eigenvalue weighted by Crippen LogP contribution is 2.24. The van der Waals surface area contributed by atoms with Gasteiger partial charge >= 0.3 is 0 Å². The predicted molar refractivity (Wildman–Crippen MR) is 92.6 cm³/mol. The lowest BCUT2D eigenvalue weighted by Crippen LogP contribution is -2.36. The van der Waals surface area contributed by atoms with Crippen LogP contribution in [0.15, 0.2) is 23.1 Å². The van der Waals surface area contributed by atoms with Crippen LogP contribution in [-0.2, 0) is 14.8 Å². The molecule has 2 N–H and O–H groups in total. The SMILES string of the molecule is CCNC(=O)COc1ccc(S(=O)(=O)NC2CCCCC2)cc1C. The number of ether oxygens (including phenoxy) is 1. The molecule has 0 heterocycles. The number of nitrogens with one attached hydrogen (secondary N) is 2. The molecule has 1 amide bonds. The summed E-state index contributed by atoms with van der Waals surface area (Å²) in [6.45, 7) is 4.07. The molecule has 1 aromatic carbocycles. The van der Waals surface area contributed by atoms with Gasteiger partial charge in [0.1, 0.15) is 5.75 Å². The van der Waals surface area contributed by atoms with E-state index in [0.717, 1.165) is 25.7 Å². The van der Waals surface area contributed by atoms with Crippen LogP contribution in [0.2, 0.25) is 0 Å². The summed E-state index contributed by atoms with van der Waals surface area (Å²) in [6.07, 6.45) is 5.10. The van der Waals surface area contributed by atoms with Crippen molar-refractivity contribution in [2.75, 3.05) is 13.2 Å². The van der Waals surface area contributed by atoms with Crippen molar-refractivity contribution >= 4 is 15.9 Å². The summed E-state index contributed by atoms with van der Waals surface area (Å²) in [5, 5.41) is 2.65. The first kappa shape index (κ1) is 18.7. The molecule has 0 saturated heterocycles. The minimum atomic E-state index is -3.52. The zero-order chi connectivity index (χ0) is 17.6. The monoisotopic (exact) mass is 354 g/mol. The van der Waals surface area contributed by atoms with E-state index < -0.39 is 10.0 Å². The number of carbonyl (C=O) groups is 1. The molecule has 1 saturated carbocycles. The average molecular weight is 354 g/mol. The average Bonchev–Trinajstić information content (AvgIpc) is 2.54. The first-order valence-electron chi connectivity index (χ1n) is 8.45. The van der Waals surface area contributed by atoms with Crippen molar-refractivity contribution in [2.24, 2.45) is 0 Å². The van der Waals surface area contributed by atoms with Crippen LogP contribution in [0.5, 0.6) is 5.75 Å². The van der Waals surface area contributed by atoms with E-state index in [1.165, 1.54) is 12.5 Å². The standard InChI is InChI=1S/C17H26N2O4S/c1-3-18-17(20)12-23-16-10-9-15(11-13(16)2)24(21,22)19-14-7-5-4-6-8-14/h9-11,14,19H,3-8,12H2,1-2H3,(H,18,20). The minimum absolute atomic E-state index is 0.0257. The van der Waals surface area contributed by atoms with Gasteiger partial charge in [-0.05, 0) is 50.5 Å². The van der Waals surface area contributed by atoms with Crippen LogP contribution in [-0.4, -0.2) is 33.5 Å². The van der Waals surface area contributed by atoms with Crippen molar-refractivity contribution < 1.29 is 17.9 Å². The van der Waals surface area contributed by atoms with Gasteiger partial charge in [-0.15, -0.1) is 0 Å². The van der Waals surface area contributed by atoms with E-state index in [0.29, 0.717) is 17.9 Å². The molecule has 2 rings (SSSR count). The van der Waals surface area contributed by atoms with Gasteiger partial charge in [-0.25, -0.2) is 13.1 Å². The summed E-state index contributed by atoms with van der Waals surface area (Å²) < 4.78 is 33.2. The van der Waals surface area contributed by atoms with E-state index >= 15 is 0 Å². The van der Waals surface area contributed by atoms with E-state index in [1.807, 2.05) is 6.92 Å². The summed E-state index contributed by atoms with van der Waals surface area (Å²) in [4.78, 5) is 11.7. The molecule has 1 aromatic rings. The number of rotatable bonds is 7. The second kappa shape index (κ2) is 8.48. The quantitative estimate of drug-likeness (QED) is 0.785. The Hall–Kier alpha value is -1.60. The second-order valence-corrected chi connectivity index (χ2v) is 7.84. The predicted octanol–water partition coefficient (Wildman–Crippen LogP) is 2.12. The zero-order valence-electron chi connectivity index (χ0n) is 14.3. The first-order chi connectivity index (χ1) is 11.4. The van der Waals surface area contributed by atoms with Crippen LogP contribution in [0, 0.1) is 6.92 Å². The molecule has 6 nitrogen and oxygen atoms in total. The molecular weight excluding hydrogens is 328 g/mol. The van der Waals surface area contributed by atoms with E-state index in [-0.39, 0.29) is 23.5 Å². The Labute approximate surface area is 144 Å². The molecule has 0 unspecified atom stereocenters. The smallest absolute Gasteiger partial charge is 0.257 e. The zero-order valence-corrected chi connectivity index (χ0v) is 15.1. The van der Waals surface area contributed by atoms with Crippen molar-refractivity contribution in [1.82, 2.24) is 10.0 Å². The fourth-order valence-electron chi connectivity index (χ4n) is 2.85. The van der Waals surface area contributed by atoms with Crippen molar-refractivity contribution in [3.63, 3.8) is 0 Å². The second-order valence-electron chi connectivity index (χ2n) is 6.13. The third-order valence-corrected chi connectivity index (χ3v) is 5.63. The molecule has 0 spiro atoms. The summed E-state index contributed by atoms with van der Waals surface area (Å²) in [5.41, 5.74) is 0.686. The van der Waals surface area contributed by atoms with E-state index in [4.69, 9.17) is 4.74 Å². The van der Waals surface area contributed by atoms with Crippen LogP contribution in [0.4, 0.5) is 0 Å². The molecule has 134 valence electrons. The Morgan fingerprint density at radius 2 is 1.96 bits per heavy atom. The fourth-order valence-corrected chi connectivity index (χ4v) is 4.24. The molecule has 0 radical (unpaired) electrons.